The molecule has 0 amide bonds. The summed E-state index contributed by atoms with van der Waals surface area (Å²) >= 11 is 0. The minimum atomic E-state index is 0.777. The van der Waals surface area contributed by atoms with Crippen LogP contribution in [0.1, 0.15) is 0 Å². The van der Waals surface area contributed by atoms with Crippen LogP contribution in [0.2, 0.25) is 0 Å². The van der Waals surface area contributed by atoms with Crippen molar-refractivity contribution in [1.29, 1.82) is 0 Å². The summed E-state index contributed by atoms with van der Waals surface area (Å²) in [5.41, 5.74) is 0.905. The van der Waals surface area contributed by atoms with Crippen LogP contribution in [-0.4, -0.2) is 11.0 Å². The summed E-state index contributed by atoms with van der Waals surface area (Å²) in [6.07, 6.45) is 2.41. The van der Waals surface area contributed by atoms with Gasteiger partial charge in [0.15, 0.2) is 0 Å². The maximum absolute atomic E-state index is 10.4. The highest BCUT2D eigenvalue weighted by Crippen LogP contribution is 2.11. The Hall–Kier alpha value is -1.57. The van der Waals surface area contributed by atoms with Gasteiger partial charge in [-0.2, -0.15) is 0 Å². The first kappa shape index (κ1) is 6.16. The van der Waals surface area contributed by atoms with Gasteiger partial charge in [0.05, 0.1) is 5.52 Å². The average Bonchev–Trinajstić information content (AvgIpc) is 2.47. The van der Waals surface area contributed by atoms with Gasteiger partial charge in [0.2, 0.25) is 6.41 Å². The topological polar surface area (TPSA) is 22.0 Å². The summed E-state index contributed by atoms with van der Waals surface area (Å²) in [5.74, 6) is 0. The molecule has 53 valence electrons. The van der Waals surface area contributed by atoms with Crippen molar-refractivity contribution in [3.63, 3.8) is 0 Å². The molecule has 0 atom stereocenters. The van der Waals surface area contributed by atoms with Crippen molar-refractivity contribution in [3.05, 3.63) is 36.5 Å². The Morgan fingerprint density at radius 2 is 2.18 bits per heavy atom. The number of hydrogen-bond acceptors (Lipinski definition) is 1. The third-order valence-electron chi connectivity index (χ3n) is 1.65. The van der Waals surface area contributed by atoms with E-state index in [-0.39, 0.29) is 0 Å². The van der Waals surface area contributed by atoms with Crippen LogP contribution < -0.4 is 0 Å². The molecule has 0 saturated carbocycles. The van der Waals surface area contributed by atoms with Crippen LogP contribution in [0.15, 0.2) is 30.5 Å². The van der Waals surface area contributed by atoms with E-state index < -0.39 is 0 Å². The number of para-hydroxylation sites is 1. The first-order valence-corrected chi connectivity index (χ1v) is 3.34. The van der Waals surface area contributed by atoms with Crippen LogP contribution in [0.4, 0.5) is 0 Å². The molecule has 2 aromatic rings. The highest BCUT2D eigenvalue weighted by molar-refractivity contribution is 5.84. The third-order valence-corrected chi connectivity index (χ3v) is 1.65. The highest BCUT2D eigenvalue weighted by atomic mass is 16.1. The van der Waals surface area contributed by atoms with Crippen LogP contribution >= 0.6 is 0 Å². The number of nitrogens with zero attached hydrogens (tertiary/aromatic N) is 1. The van der Waals surface area contributed by atoms with Crippen LogP contribution in [0.25, 0.3) is 10.9 Å². The Balaban J connectivity index is 2.86. The van der Waals surface area contributed by atoms with Crippen molar-refractivity contribution in [2.75, 3.05) is 0 Å². The van der Waals surface area contributed by atoms with Gasteiger partial charge < -0.3 is 0 Å². The van der Waals surface area contributed by atoms with Gasteiger partial charge in [-0.05, 0) is 6.07 Å². The fourth-order valence-corrected chi connectivity index (χ4v) is 1.12. The molecule has 1 aromatic carbocycles. The van der Waals surface area contributed by atoms with E-state index in [4.69, 9.17) is 0 Å². The highest BCUT2D eigenvalue weighted by Gasteiger charge is 1.96. The van der Waals surface area contributed by atoms with Gasteiger partial charge in [-0.25, -0.2) is 0 Å². The molecule has 0 aliphatic rings. The van der Waals surface area contributed by atoms with E-state index >= 15 is 0 Å². The summed E-state index contributed by atoms with van der Waals surface area (Å²) in [5, 5.41) is 0.972. The number of carbonyl (C=O) groups excluding carboxylic acids is 1. The molecule has 0 aliphatic carbocycles. The fourth-order valence-electron chi connectivity index (χ4n) is 1.12. The number of aromatic nitrogens is 1. The molecule has 2 rings (SSSR count). The normalized spacial score (nSPS) is 10.2. The molecule has 2 nitrogen and oxygen atoms in total. The molecule has 0 saturated heterocycles. The van der Waals surface area contributed by atoms with Crippen LogP contribution in [0.3, 0.4) is 0 Å². The monoisotopic (exact) mass is 144 g/mol. The molecule has 1 radical (unpaired) electrons. The number of fused-ring (bicyclic) bond motifs is 1. The number of carbonyl (C=O) groups is 1. The maximum atomic E-state index is 10.4. The first-order chi connectivity index (χ1) is 5.42. The number of rotatable bonds is 1. The van der Waals surface area contributed by atoms with Crippen LogP contribution in [-0.2, 0) is 4.79 Å². The van der Waals surface area contributed by atoms with Gasteiger partial charge in [0.25, 0.3) is 0 Å². The minimum absolute atomic E-state index is 0.777. The smallest absolute Gasteiger partial charge is 0.218 e. The lowest BCUT2D eigenvalue weighted by Crippen LogP contribution is -1.89. The van der Waals surface area contributed by atoms with E-state index in [0.717, 1.165) is 17.3 Å². The average molecular weight is 144 g/mol. The lowest BCUT2D eigenvalue weighted by Gasteiger charge is -1.91. The maximum Gasteiger partial charge on any atom is 0.218 e. The Kier molecular flexibility index (Phi) is 1.25. The second kappa shape index (κ2) is 2.23. The van der Waals surface area contributed by atoms with E-state index in [1.54, 1.807) is 6.20 Å². The van der Waals surface area contributed by atoms with Gasteiger partial charge in [0, 0.05) is 17.6 Å². The molecule has 1 aromatic heterocycles. The quantitative estimate of drug-likeness (QED) is 0.555. The molecule has 0 aliphatic heterocycles. The summed E-state index contributed by atoms with van der Waals surface area (Å²) in [6, 6.07) is 10.6. The largest absolute Gasteiger partial charge is 0.289 e. The Bertz CT molecular complexity index is 389. The van der Waals surface area contributed by atoms with Crippen LogP contribution in [0.5, 0.6) is 0 Å². The Morgan fingerprint density at radius 3 is 3.00 bits per heavy atom. The molecular weight excluding hydrogens is 138 g/mol. The van der Waals surface area contributed by atoms with E-state index in [2.05, 4.69) is 6.07 Å². The van der Waals surface area contributed by atoms with Gasteiger partial charge in [-0.3, -0.25) is 9.36 Å². The molecular formula is C9H6NO. The molecule has 1 heterocycles. The van der Waals surface area contributed by atoms with Crippen molar-refractivity contribution in [2.45, 2.75) is 0 Å². The van der Waals surface area contributed by atoms with Gasteiger partial charge >= 0.3 is 0 Å². The molecule has 0 fully saturated rings. The fraction of sp³-hybridized carbons (Fsp3) is 0. The molecule has 2 heteroatoms. The summed E-state index contributed by atoms with van der Waals surface area (Å²) < 4.78 is 1.51. The van der Waals surface area contributed by atoms with Gasteiger partial charge in [0.1, 0.15) is 0 Å². The molecule has 11 heavy (non-hydrogen) atoms. The predicted molar refractivity (Wildman–Crippen MR) is 42.9 cm³/mol. The van der Waals surface area contributed by atoms with Crippen molar-refractivity contribution in [3.8, 4) is 0 Å². The standard InChI is InChI=1S/C9H6NO/c11-7-10-6-5-8-3-1-2-4-9(8)10/h1-4,6-7H. The van der Waals surface area contributed by atoms with Crippen molar-refractivity contribution in [2.24, 2.45) is 0 Å². The zero-order valence-corrected chi connectivity index (χ0v) is 5.82. The Labute approximate surface area is 64.1 Å². The van der Waals surface area contributed by atoms with Gasteiger partial charge in [-0.1, -0.05) is 18.2 Å². The zero-order chi connectivity index (χ0) is 7.68. The van der Waals surface area contributed by atoms with E-state index in [0.29, 0.717) is 0 Å². The lowest BCUT2D eigenvalue weighted by atomic mass is 10.2. The van der Waals surface area contributed by atoms with Crippen LogP contribution in [0, 0.1) is 6.07 Å². The second-order valence-corrected chi connectivity index (χ2v) is 2.30. The Morgan fingerprint density at radius 1 is 1.36 bits per heavy atom. The zero-order valence-electron chi connectivity index (χ0n) is 5.82. The second-order valence-electron chi connectivity index (χ2n) is 2.30. The summed E-state index contributed by atoms with van der Waals surface area (Å²) in [7, 11) is 0. The van der Waals surface area contributed by atoms with E-state index in [1.165, 1.54) is 4.57 Å². The summed E-state index contributed by atoms with van der Waals surface area (Å²) in [6.45, 7) is 0. The molecule has 0 unspecified atom stereocenters. The molecule has 0 bridgehead atoms. The molecule has 0 spiro atoms. The first-order valence-electron chi connectivity index (χ1n) is 3.34. The van der Waals surface area contributed by atoms with E-state index in [1.807, 2.05) is 24.3 Å². The number of hydrogen-bond donors (Lipinski definition) is 0. The van der Waals surface area contributed by atoms with E-state index in [9.17, 15) is 4.79 Å². The van der Waals surface area contributed by atoms with Crippen molar-refractivity contribution in [1.82, 2.24) is 4.57 Å². The third kappa shape index (κ3) is 0.835. The van der Waals surface area contributed by atoms with Gasteiger partial charge in [-0.15, -0.1) is 0 Å². The number of benzene rings is 1. The summed E-state index contributed by atoms with van der Waals surface area (Å²) in [4.78, 5) is 10.4. The predicted octanol–water partition coefficient (Wildman–Crippen LogP) is 1.48. The van der Waals surface area contributed by atoms with Crippen molar-refractivity contribution >= 4 is 17.3 Å². The molecule has 0 N–H and O–H groups in total. The SMILES string of the molecule is O=Cn1c[c]c2ccccc21. The minimum Gasteiger partial charge on any atom is -0.289 e. The lowest BCUT2D eigenvalue weighted by molar-refractivity contribution is 0.549. The van der Waals surface area contributed by atoms with Crippen molar-refractivity contribution < 1.29 is 4.79 Å².